The Morgan fingerprint density at radius 1 is 1.32 bits per heavy atom. The van der Waals surface area contributed by atoms with Crippen molar-refractivity contribution < 1.29 is 0 Å². The molecule has 0 saturated carbocycles. The van der Waals surface area contributed by atoms with Gasteiger partial charge in [0.25, 0.3) is 0 Å². The molecule has 6 heteroatoms. The summed E-state index contributed by atoms with van der Waals surface area (Å²) in [4.78, 5) is 5.53. The molecule has 1 heterocycles. The highest BCUT2D eigenvalue weighted by molar-refractivity contribution is 8.00. The van der Waals surface area contributed by atoms with Crippen molar-refractivity contribution in [2.45, 2.75) is 23.6 Å². The van der Waals surface area contributed by atoms with Crippen LogP contribution in [0, 0.1) is 0 Å². The number of guanidine groups is 1. The van der Waals surface area contributed by atoms with Crippen LogP contribution >= 0.6 is 11.8 Å². The molecule has 0 bridgehead atoms. The van der Waals surface area contributed by atoms with Crippen molar-refractivity contribution >= 4 is 17.7 Å². The zero-order chi connectivity index (χ0) is 15.8. The molecule has 2 N–H and O–H groups in total. The second-order valence-electron chi connectivity index (χ2n) is 5.07. The van der Waals surface area contributed by atoms with Gasteiger partial charge >= 0.3 is 0 Å². The Balaban J connectivity index is 1.73. The van der Waals surface area contributed by atoms with Crippen LogP contribution in [0.15, 0.2) is 52.6 Å². The zero-order valence-electron chi connectivity index (χ0n) is 13.3. The van der Waals surface area contributed by atoms with E-state index in [4.69, 9.17) is 0 Å². The van der Waals surface area contributed by atoms with E-state index in [1.807, 2.05) is 37.3 Å². The summed E-state index contributed by atoms with van der Waals surface area (Å²) in [7, 11) is 3.70. The Hall–Kier alpha value is -1.95. The predicted octanol–water partition coefficient (Wildman–Crippen LogP) is 2.27. The first kappa shape index (κ1) is 16.4. The minimum atomic E-state index is 0.458. The number of nitrogens with one attached hydrogen (secondary N) is 2. The molecule has 1 aromatic carbocycles. The summed E-state index contributed by atoms with van der Waals surface area (Å²) in [5.41, 5.74) is 1.14. The number of thioether (sulfide) groups is 1. The molecule has 0 saturated heterocycles. The smallest absolute Gasteiger partial charge is 0.191 e. The molecule has 0 aliphatic carbocycles. The van der Waals surface area contributed by atoms with Crippen molar-refractivity contribution in [3.05, 3.63) is 48.3 Å². The first-order chi connectivity index (χ1) is 10.7. The summed E-state index contributed by atoms with van der Waals surface area (Å²) < 4.78 is 1.80. The van der Waals surface area contributed by atoms with Crippen molar-refractivity contribution in [1.29, 1.82) is 0 Å². The Bertz CT molecular complexity index is 594. The van der Waals surface area contributed by atoms with Gasteiger partial charge in [0.1, 0.15) is 0 Å². The fourth-order valence-corrected chi connectivity index (χ4v) is 2.93. The molecule has 2 rings (SSSR count). The third-order valence-electron chi connectivity index (χ3n) is 3.08. The number of nitrogens with zero attached hydrogens (tertiary/aromatic N) is 3. The van der Waals surface area contributed by atoms with Gasteiger partial charge in [-0.25, -0.2) is 0 Å². The van der Waals surface area contributed by atoms with E-state index in [0.29, 0.717) is 11.8 Å². The van der Waals surface area contributed by atoms with E-state index in [1.165, 1.54) is 4.90 Å². The first-order valence-corrected chi connectivity index (χ1v) is 8.19. The summed E-state index contributed by atoms with van der Waals surface area (Å²) in [5.74, 6) is 0.810. The van der Waals surface area contributed by atoms with Crippen LogP contribution in [0.1, 0.15) is 12.5 Å². The number of aryl methyl sites for hydroxylation is 1. The van der Waals surface area contributed by atoms with Gasteiger partial charge in [-0.05, 0) is 12.1 Å². The fourth-order valence-electron chi connectivity index (χ4n) is 1.98. The maximum absolute atomic E-state index is 4.25. The lowest BCUT2D eigenvalue weighted by Gasteiger charge is -2.15. The summed E-state index contributed by atoms with van der Waals surface area (Å²) in [6.07, 6.45) is 3.85. The number of hydrogen-bond acceptors (Lipinski definition) is 3. The van der Waals surface area contributed by atoms with Crippen LogP contribution in [0.3, 0.4) is 0 Å². The molecular formula is C16H23N5S. The molecule has 22 heavy (non-hydrogen) atoms. The zero-order valence-corrected chi connectivity index (χ0v) is 14.1. The Morgan fingerprint density at radius 2 is 2.09 bits per heavy atom. The predicted molar refractivity (Wildman–Crippen MR) is 93.2 cm³/mol. The molecule has 5 nitrogen and oxygen atoms in total. The molecular weight excluding hydrogens is 294 g/mol. The van der Waals surface area contributed by atoms with Gasteiger partial charge in [0.15, 0.2) is 5.96 Å². The summed E-state index contributed by atoms with van der Waals surface area (Å²) >= 11 is 1.86. The standard InChI is InChI=1S/C16H23N5S/c1-13(22-15-7-5-4-6-8-15)9-18-16(17-2)19-10-14-11-20-21(3)12-14/h4-8,11-13H,9-10H2,1-3H3,(H2,17,18,19). The summed E-state index contributed by atoms with van der Waals surface area (Å²) in [6.45, 7) is 3.78. The molecule has 1 atom stereocenters. The van der Waals surface area contributed by atoms with Crippen molar-refractivity contribution in [2.24, 2.45) is 12.0 Å². The number of benzene rings is 1. The Labute approximate surface area is 136 Å². The molecule has 2 aromatic rings. The average Bonchev–Trinajstić information content (AvgIpc) is 2.94. The number of aromatic nitrogens is 2. The van der Waals surface area contributed by atoms with Crippen molar-refractivity contribution in [1.82, 2.24) is 20.4 Å². The van der Waals surface area contributed by atoms with Gasteiger partial charge in [0.2, 0.25) is 0 Å². The third-order valence-corrected chi connectivity index (χ3v) is 4.19. The molecule has 0 aliphatic rings. The van der Waals surface area contributed by atoms with Crippen LogP contribution in [0.4, 0.5) is 0 Å². The lowest BCUT2D eigenvalue weighted by Crippen LogP contribution is -2.39. The second-order valence-corrected chi connectivity index (χ2v) is 6.58. The van der Waals surface area contributed by atoms with Crippen molar-refractivity contribution in [2.75, 3.05) is 13.6 Å². The summed E-state index contributed by atoms with van der Waals surface area (Å²) in [6, 6.07) is 10.4. The molecule has 0 spiro atoms. The molecule has 118 valence electrons. The van der Waals surface area contributed by atoms with E-state index in [0.717, 1.165) is 18.1 Å². The van der Waals surface area contributed by atoms with E-state index in [9.17, 15) is 0 Å². The van der Waals surface area contributed by atoms with Gasteiger partial charge in [-0.3, -0.25) is 9.67 Å². The second kappa shape index (κ2) is 8.48. The highest BCUT2D eigenvalue weighted by atomic mass is 32.2. The van der Waals surface area contributed by atoms with Gasteiger partial charge in [0.05, 0.1) is 6.20 Å². The van der Waals surface area contributed by atoms with E-state index < -0.39 is 0 Å². The lowest BCUT2D eigenvalue weighted by atomic mass is 10.3. The van der Waals surface area contributed by atoms with E-state index in [-0.39, 0.29) is 0 Å². The van der Waals surface area contributed by atoms with Gasteiger partial charge in [-0.15, -0.1) is 11.8 Å². The monoisotopic (exact) mass is 317 g/mol. The van der Waals surface area contributed by atoms with Gasteiger partial charge < -0.3 is 10.6 Å². The van der Waals surface area contributed by atoms with E-state index in [1.54, 1.807) is 11.7 Å². The Kier molecular flexibility index (Phi) is 6.33. The average molecular weight is 317 g/mol. The van der Waals surface area contributed by atoms with Crippen molar-refractivity contribution in [3.8, 4) is 0 Å². The fraction of sp³-hybridized carbons (Fsp3) is 0.375. The molecule has 0 fully saturated rings. The van der Waals surface area contributed by atoms with Crippen molar-refractivity contribution in [3.63, 3.8) is 0 Å². The largest absolute Gasteiger partial charge is 0.355 e. The van der Waals surface area contributed by atoms with Gasteiger partial charge in [0, 0.05) is 49.1 Å². The van der Waals surface area contributed by atoms with Crippen LogP contribution in [0.5, 0.6) is 0 Å². The van der Waals surface area contributed by atoms with Crippen LogP contribution in [-0.4, -0.2) is 34.6 Å². The van der Waals surface area contributed by atoms with Crippen LogP contribution < -0.4 is 10.6 Å². The molecule has 1 aromatic heterocycles. The Morgan fingerprint density at radius 3 is 2.73 bits per heavy atom. The van der Waals surface area contributed by atoms with E-state index >= 15 is 0 Å². The SMILES string of the molecule is CN=C(NCc1cnn(C)c1)NCC(C)Sc1ccccc1. The maximum atomic E-state index is 4.25. The topological polar surface area (TPSA) is 54.2 Å². The van der Waals surface area contributed by atoms with Gasteiger partial charge in [-0.1, -0.05) is 25.1 Å². The quantitative estimate of drug-likeness (QED) is 0.487. The van der Waals surface area contributed by atoms with E-state index in [2.05, 4.69) is 51.9 Å². The molecule has 0 radical (unpaired) electrons. The highest BCUT2D eigenvalue weighted by Crippen LogP contribution is 2.21. The third kappa shape index (κ3) is 5.44. The minimum absolute atomic E-state index is 0.458. The van der Waals surface area contributed by atoms with Crippen LogP contribution in [0.2, 0.25) is 0 Å². The van der Waals surface area contributed by atoms with Gasteiger partial charge in [-0.2, -0.15) is 5.10 Å². The lowest BCUT2D eigenvalue weighted by molar-refractivity contribution is 0.764. The van der Waals surface area contributed by atoms with Crippen LogP contribution in [0.25, 0.3) is 0 Å². The molecule has 1 unspecified atom stereocenters. The number of rotatable bonds is 6. The maximum Gasteiger partial charge on any atom is 0.191 e. The highest BCUT2D eigenvalue weighted by Gasteiger charge is 2.06. The number of hydrogen-bond donors (Lipinski definition) is 2. The molecule has 0 aliphatic heterocycles. The number of aliphatic imine (C=N–C) groups is 1. The molecule has 0 amide bonds. The normalized spacial score (nSPS) is 13.0. The first-order valence-electron chi connectivity index (χ1n) is 7.31. The summed E-state index contributed by atoms with van der Waals surface area (Å²) in [5, 5.41) is 11.3. The minimum Gasteiger partial charge on any atom is -0.355 e. The van der Waals surface area contributed by atoms with Crippen LogP contribution in [-0.2, 0) is 13.6 Å².